The number of carboxylic acids is 1. The molecule has 3 aromatic carbocycles. The summed E-state index contributed by atoms with van der Waals surface area (Å²) in [5.74, 6) is -0.0845. The van der Waals surface area contributed by atoms with Crippen LogP contribution in [0.3, 0.4) is 0 Å². The highest BCUT2D eigenvalue weighted by Gasteiger charge is 2.18. The number of aryl methyl sites for hydroxylation is 1. The van der Waals surface area contributed by atoms with Crippen LogP contribution in [0.1, 0.15) is 28.7 Å². The fourth-order valence-corrected chi connectivity index (χ4v) is 3.69. The molecule has 0 unspecified atom stereocenters. The zero-order valence-electron chi connectivity index (χ0n) is 18.2. The molecule has 1 N–H and O–H groups in total. The number of carboxylic acid groups (broad SMARTS) is 1. The van der Waals surface area contributed by atoms with Crippen LogP contribution in [0.2, 0.25) is 0 Å². The van der Waals surface area contributed by atoms with Crippen LogP contribution in [-0.4, -0.2) is 34.9 Å². The smallest absolute Gasteiger partial charge is 0.305 e. The normalized spacial score (nSPS) is 11.2. The number of aliphatic carboxylic acids is 1. The lowest BCUT2D eigenvalue weighted by atomic mass is 10.1. The Bertz CT molecular complexity index is 1090. The van der Waals surface area contributed by atoms with Crippen molar-refractivity contribution in [2.75, 3.05) is 13.1 Å². The zero-order valence-corrected chi connectivity index (χ0v) is 19.8. The van der Waals surface area contributed by atoms with E-state index in [1.165, 1.54) is 5.56 Å². The Morgan fingerprint density at radius 1 is 0.969 bits per heavy atom. The third-order valence-electron chi connectivity index (χ3n) is 5.21. The number of rotatable bonds is 9. The van der Waals surface area contributed by atoms with Gasteiger partial charge in [-0.25, -0.2) is 4.99 Å². The maximum atomic E-state index is 11.4. The number of amidine groups is 1. The molecular weight excluding hydrogens is 464 g/mol. The maximum Gasteiger partial charge on any atom is 0.305 e. The van der Waals surface area contributed by atoms with E-state index >= 15 is 0 Å². The van der Waals surface area contributed by atoms with E-state index < -0.39 is 5.97 Å². The molecule has 0 heterocycles. The average Bonchev–Trinajstić information content (AvgIpc) is 2.79. The Morgan fingerprint density at radius 3 is 2.28 bits per heavy atom. The largest absolute Gasteiger partial charge is 0.481 e. The Hall–Kier alpha value is -3.18. The highest BCUT2D eigenvalue weighted by Crippen LogP contribution is 2.21. The van der Waals surface area contributed by atoms with Gasteiger partial charge < -0.3 is 10.0 Å². The molecule has 4 nitrogen and oxygen atoms in total. The van der Waals surface area contributed by atoms with Gasteiger partial charge >= 0.3 is 5.97 Å². The van der Waals surface area contributed by atoms with Gasteiger partial charge in [-0.1, -0.05) is 89.2 Å². The van der Waals surface area contributed by atoms with Crippen molar-refractivity contribution in [2.24, 2.45) is 4.99 Å². The van der Waals surface area contributed by atoms with E-state index in [4.69, 9.17) is 4.99 Å². The molecule has 3 rings (SSSR count). The van der Waals surface area contributed by atoms with Crippen LogP contribution < -0.4 is 0 Å². The van der Waals surface area contributed by atoms with Crippen molar-refractivity contribution in [2.45, 2.75) is 19.8 Å². The van der Waals surface area contributed by atoms with E-state index in [1.807, 2.05) is 73.7 Å². The lowest BCUT2D eigenvalue weighted by Gasteiger charge is -2.27. The number of benzene rings is 3. The van der Waals surface area contributed by atoms with E-state index in [2.05, 4.69) is 39.5 Å². The molecule has 0 saturated heterocycles. The number of hydrogen-bond acceptors (Lipinski definition) is 2. The SMILES string of the molecule is C=C(N=C(c1ccccc1C)N(CCC(=O)O)CCc1ccccc1)c1ccc(Br)cc1. The number of halogens is 1. The van der Waals surface area contributed by atoms with Crippen LogP contribution >= 0.6 is 15.9 Å². The standard InChI is InChI=1S/C27H27BrN2O2/c1-20-8-6-7-11-25(20)27(29-21(2)23-12-14-24(28)15-13-23)30(19-17-26(31)32)18-16-22-9-4-3-5-10-22/h3-15H,2,16-19H2,1H3,(H,31,32). The third-order valence-corrected chi connectivity index (χ3v) is 5.74. The Kier molecular flexibility index (Phi) is 8.40. The number of nitrogens with zero attached hydrogens (tertiary/aromatic N) is 2. The van der Waals surface area contributed by atoms with E-state index in [1.54, 1.807) is 0 Å². The van der Waals surface area contributed by atoms with Crippen LogP contribution in [-0.2, 0) is 11.2 Å². The summed E-state index contributed by atoms with van der Waals surface area (Å²) in [6, 6.07) is 26.1. The van der Waals surface area contributed by atoms with Crippen molar-refractivity contribution in [3.8, 4) is 0 Å². The van der Waals surface area contributed by atoms with Crippen molar-refractivity contribution in [3.63, 3.8) is 0 Å². The third kappa shape index (κ3) is 6.66. The number of aliphatic imine (C=N–C) groups is 1. The summed E-state index contributed by atoms with van der Waals surface area (Å²) in [5.41, 5.74) is 4.80. The quantitative estimate of drug-likeness (QED) is 0.287. The summed E-state index contributed by atoms with van der Waals surface area (Å²) in [5, 5.41) is 9.35. The first-order valence-electron chi connectivity index (χ1n) is 10.5. The second-order valence-electron chi connectivity index (χ2n) is 7.57. The van der Waals surface area contributed by atoms with Crippen molar-refractivity contribution in [3.05, 3.63) is 112 Å². The molecule has 0 aromatic heterocycles. The molecule has 5 heteroatoms. The van der Waals surface area contributed by atoms with E-state index in [-0.39, 0.29) is 6.42 Å². The van der Waals surface area contributed by atoms with Crippen molar-refractivity contribution < 1.29 is 9.90 Å². The molecule has 0 saturated carbocycles. The molecule has 0 aliphatic carbocycles. The Balaban J connectivity index is 1.99. The Labute approximate surface area is 198 Å². The first-order valence-corrected chi connectivity index (χ1v) is 11.3. The van der Waals surface area contributed by atoms with E-state index in [0.29, 0.717) is 18.8 Å². The Morgan fingerprint density at radius 2 is 1.62 bits per heavy atom. The minimum Gasteiger partial charge on any atom is -0.481 e. The van der Waals surface area contributed by atoms with Crippen LogP contribution in [0.4, 0.5) is 0 Å². The summed E-state index contributed by atoms with van der Waals surface area (Å²) >= 11 is 3.46. The van der Waals surface area contributed by atoms with Gasteiger partial charge in [0.1, 0.15) is 5.84 Å². The topological polar surface area (TPSA) is 52.9 Å². The summed E-state index contributed by atoms with van der Waals surface area (Å²) < 4.78 is 0.989. The molecule has 0 radical (unpaired) electrons. The summed E-state index contributed by atoms with van der Waals surface area (Å²) in [6.07, 6.45) is 0.820. The van der Waals surface area contributed by atoms with Gasteiger partial charge in [0.2, 0.25) is 0 Å². The first-order chi connectivity index (χ1) is 15.4. The molecule has 164 valence electrons. The van der Waals surface area contributed by atoms with Crippen LogP contribution in [0.15, 0.2) is 94.9 Å². The summed E-state index contributed by atoms with van der Waals surface area (Å²) in [6.45, 7) is 7.26. The van der Waals surface area contributed by atoms with E-state index in [0.717, 1.165) is 33.4 Å². The van der Waals surface area contributed by atoms with Gasteiger partial charge in [-0.15, -0.1) is 0 Å². The molecular formula is C27H27BrN2O2. The second-order valence-corrected chi connectivity index (χ2v) is 8.49. The molecule has 0 bridgehead atoms. The molecule has 0 aliphatic rings. The average molecular weight is 491 g/mol. The van der Waals surface area contributed by atoms with Crippen molar-refractivity contribution in [1.29, 1.82) is 0 Å². The molecule has 3 aromatic rings. The first kappa shape index (κ1) is 23.5. The maximum absolute atomic E-state index is 11.4. The van der Waals surface area contributed by atoms with Gasteiger partial charge in [-0.3, -0.25) is 4.79 Å². The van der Waals surface area contributed by atoms with Gasteiger partial charge in [0.05, 0.1) is 12.1 Å². The second kappa shape index (κ2) is 11.4. The fraction of sp³-hybridized carbons (Fsp3) is 0.185. The lowest BCUT2D eigenvalue weighted by molar-refractivity contribution is -0.137. The summed E-state index contributed by atoms with van der Waals surface area (Å²) in [4.78, 5) is 18.4. The molecule has 0 atom stereocenters. The predicted octanol–water partition coefficient (Wildman–Crippen LogP) is 6.19. The zero-order chi connectivity index (χ0) is 22.9. The van der Waals surface area contributed by atoms with Gasteiger partial charge in [0.25, 0.3) is 0 Å². The van der Waals surface area contributed by atoms with Crippen LogP contribution in [0, 0.1) is 6.92 Å². The minimum absolute atomic E-state index is 0.0322. The molecule has 0 amide bonds. The highest BCUT2D eigenvalue weighted by atomic mass is 79.9. The fourth-order valence-electron chi connectivity index (χ4n) is 3.42. The molecule has 0 aliphatic heterocycles. The van der Waals surface area contributed by atoms with Crippen molar-refractivity contribution in [1.82, 2.24) is 4.90 Å². The van der Waals surface area contributed by atoms with Gasteiger partial charge in [-0.2, -0.15) is 0 Å². The number of hydrogen-bond donors (Lipinski definition) is 1. The van der Waals surface area contributed by atoms with Gasteiger partial charge in [0, 0.05) is 23.1 Å². The van der Waals surface area contributed by atoms with Crippen LogP contribution in [0.5, 0.6) is 0 Å². The summed E-state index contributed by atoms with van der Waals surface area (Å²) in [7, 11) is 0. The van der Waals surface area contributed by atoms with Crippen molar-refractivity contribution >= 4 is 33.4 Å². The predicted molar refractivity (Wildman–Crippen MR) is 135 cm³/mol. The van der Waals surface area contributed by atoms with Gasteiger partial charge in [0.15, 0.2) is 0 Å². The van der Waals surface area contributed by atoms with Gasteiger partial charge in [-0.05, 0) is 42.2 Å². The highest BCUT2D eigenvalue weighted by molar-refractivity contribution is 9.10. The lowest BCUT2D eigenvalue weighted by Crippen LogP contribution is -2.36. The monoisotopic (exact) mass is 490 g/mol. The van der Waals surface area contributed by atoms with Crippen LogP contribution in [0.25, 0.3) is 5.70 Å². The minimum atomic E-state index is -0.828. The molecule has 32 heavy (non-hydrogen) atoms. The molecule has 0 spiro atoms. The molecule has 0 fully saturated rings. The number of carbonyl (C=O) groups is 1. The van der Waals surface area contributed by atoms with E-state index in [9.17, 15) is 9.90 Å².